The van der Waals surface area contributed by atoms with Crippen LogP contribution in [-0.4, -0.2) is 41.4 Å². The van der Waals surface area contributed by atoms with Crippen molar-refractivity contribution < 1.29 is 9.59 Å². The molecule has 0 saturated carbocycles. The number of likely N-dealkylation sites (tertiary alicyclic amines) is 1. The minimum Gasteiger partial charge on any atom is -0.369 e. The van der Waals surface area contributed by atoms with Crippen molar-refractivity contribution >= 4 is 11.8 Å². The highest BCUT2D eigenvalue weighted by atomic mass is 16.2. The highest BCUT2D eigenvalue weighted by molar-refractivity contribution is 5.79. The monoisotopic (exact) mass is 275 g/mol. The van der Waals surface area contributed by atoms with Crippen LogP contribution in [-0.2, 0) is 16.1 Å². The zero-order valence-electron chi connectivity index (χ0n) is 12.0. The SMILES string of the molecule is CC(=O)N(C)C1C(C(N)=O)CCN1Cc1ccccc1. The second kappa shape index (κ2) is 6.05. The van der Waals surface area contributed by atoms with Gasteiger partial charge in [0.25, 0.3) is 0 Å². The molecule has 1 aliphatic heterocycles. The zero-order valence-corrected chi connectivity index (χ0v) is 12.0. The van der Waals surface area contributed by atoms with Crippen molar-refractivity contribution in [2.24, 2.45) is 11.7 Å². The number of hydrogen-bond donors (Lipinski definition) is 1. The molecule has 2 rings (SSSR count). The van der Waals surface area contributed by atoms with Gasteiger partial charge in [-0.2, -0.15) is 0 Å². The fourth-order valence-corrected chi connectivity index (χ4v) is 2.82. The normalized spacial score (nSPS) is 22.7. The van der Waals surface area contributed by atoms with Crippen molar-refractivity contribution in [2.45, 2.75) is 26.1 Å². The number of primary amides is 1. The second-order valence-electron chi connectivity index (χ2n) is 5.30. The van der Waals surface area contributed by atoms with E-state index in [-0.39, 0.29) is 23.9 Å². The summed E-state index contributed by atoms with van der Waals surface area (Å²) in [5.74, 6) is -0.688. The first-order valence-corrected chi connectivity index (χ1v) is 6.81. The molecular formula is C15H21N3O2. The van der Waals surface area contributed by atoms with Crippen LogP contribution in [0.15, 0.2) is 30.3 Å². The summed E-state index contributed by atoms with van der Waals surface area (Å²) in [4.78, 5) is 27.0. The number of nitrogens with zero attached hydrogens (tertiary/aromatic N) is 2. The van der Waals surface area contributed by atoms with Gasteiger partial charge in [0.15, 0.2) is 0 Å². The van der Waals surface area contributed by atoms with E-state index < -0.39 is 0 Å². The number of rotatable bonds is 4. The Kier molecular flexibility index (Phi) is 4.39. The van der Waals surface area contributed by atoms with Gasteiger partial charge < -0.3 is 10.6 Å². The van der Waals surface area contributed by atoms with Gasteiger partial charge in [-0.1, -0.05) is 30.3 Å². The predicted molar refractivity (Wildman–Crippen MR) is 76.4 cm³/mol. The van der Waals surface area contributed by atoms with Crippen LogP contribution in [0.4, 0.5) is 0 Å². The Morgan fingerprint density at radius 1 is 1.35 bits per heavy atom. The summed E-state index contributed by atoms with van der Waals surface area (Å²) < 4.78 is 0. The third-order valence-corrected chi connectivity index (χ3v) is 3.95. The van der Waals surface area contributed by atoms with Gasteiger partial charge in [0, 0.05) is 27.1 Å². The highest BCUT2D eigenvalue weighted by Gasteiger charge is 2.40. The quantitative estimate of drug-likeness (QED) is 0.884. The van der Waals surface area contributed by atoms with Crippen LogP contribution in [0.1, 0.15) is 18.9 Å². The molecule has 2 amide bonds. The van der Waals surface area contributed by atoms with E-state index in [4.69, 9.17) is 5.73 Å². The molecule has 0 spiro atoms. The predicted octanol–water partition coefficient (Wildman–Crippen LogP) is 0.798. The van der Waals surface area contributed by atoms with E-state index in [1.165, 1.54) is 12.5 Å². The van der Waals surface area contributed by atoms with E-state index in [1.807, 2.05) is 30.3 Å². The molecule has 1 aromatic rings. The minimum absolute atomic E-state index is 0.0544. The van der Waals surface area contributed by atoms with Crippen molar-refractivity contribution in [3.05, 3.63) is 35.9 Å². The molecule has 5 nitrogen and oxygen atoms in total. The molecule has 20 heavy (non-hydrogen) atoms. The maximum absolute atomic E-state index is 11.6. The van der Waals surface area contributed by atoms with E-state index >= 15 is 0 Å². The van der Waals surface area contributed by atoms with Crippen LogP contribution in [0.3, 0.4) is 0 Å². The smallest absolute Gasteiger partial charge is 0.224 e. The van der Waals surface area contributed by atoms with Gasteiger partial charge in [-0.15, -0.1) is 0 Å². The molecule has 108 valence electrons. The molecule has 1 heterocycles. The molecule has 2 unspecified atom stereocenters. The molecule has 5 heteroatoms. The first kappa shape index (κ1) is 14.5. The average Bonchev–Trinajstić information content (AvgIpc) is 2.82. The van der Waals surface area contributed by atoms with Crippen LogP contribution in [0.2, 0.25) is 0 Å². The van der Waals surface area contributed by atoms with E-state index in [9.17, 15) is 9.59 Å². The highest BCUT2D eigenvalue weighted by Crippen LogP contribution is 2.28. The lowest BCUT2D eigenvalue weighted by Crippen LogP contribution is -2.50. The lowest BCUT2D eigenvalue weighted by molar-refractivity contribution is -0.136. The van der Waals surface area contributed by atoms with Crippen molar-refractivity contribution in [2.75, 3.05) is 13.6 Å². The standard InChI is InChI=1S/C15H21N3O2/c1-11(19)17(2)15-13(14(16)20)8-9-18(15)10-12-6-4-3-5-7-12/h3-7,13,15H,8-10H2,1-2H3,(H2,16,20). The van der Waals surface area contributed by atoms with Crippen molar-refractivity contribution in [1.29, 1.82) is 0 Å². The van der Waals surface area contributed by atoms with Crippen LogP contribution in [0.5, 0.6) is 0 Å². The summed E-state index contributed by atoms with van der Waals surface area (Å²) in [6.45, 7) is 2.99. The lowest BCUT2D eigenvalue weighted by atomic mass is 10.0. The molecular weight excluding hydrogens is 254 g/mol. The van der Waals surface area contributed by atoms with E-state index in [0.29, 0.717) is 13.0 Å². The molecule has 0 aliphatic carbocycles. The van der Waals surface area contributed by atoms with Crippen LogP contribution < -0.4 is 5.73 Å². The molecule has 1 aromatic carbocycles. The average molecular weight is 275 g/mol. The summed E-state index contributed by atoms with van der Waals surface area (Å²) in [5, 5.41) is 0. The molecule has 1 saturated heterocycles. The van der Waals surface area contributed by atoms with Gasteiger partial charge in [0.1, 0.15) is 0 Å². The number of carbonyl (C=O) groups is 2. The van der Waals surface area contributed by atoms with Gasteiger partial charge in [-0.3, -0.25) is 14.5 Å². The number of hydrogen-bond acceptors (Lipinski definition) is 3. The van der Waals surface area contributed by atoms with Gasteiger partial charge in [0.05, 0.1) is 12.1 Å². The molecule has 2 N–H and O–H groups in total. The van der Waals surface area contributed by atoms with Gasteiger partial charge in [-0.25, -0.2) is 0 Å². The Morgan fingerprint density at radius 3 is 2.55 bits per heavy atom. The molecule has 0 aromatic heterocycles. The van der Waals surface area contributed by atoms with E-state index in [1.54, 1.807) is 11.9 Å². The fraction of sp³-hybridized carbons (Fsp3) is 0.467. The Hall–Kier alpha value is -1.88. The molecule has 0 bridgehead atoms. The fourth-order valence-electron chi connectivity index (χ4n) is 2.82. The number of nitrogens with two attached hydrogens (primary N) is 1. The Balaban J connectivity index is 2.18. The van der Waals surface area contributed by atoms with Gasteiger partial charge >= 0.3 is 0 Å². The largest absolute Gasteiger partial charge is 0.369 e. The zero-order chi connectivity index (χ0) is 14.7. The lowest BCUT2D eigenvalue weighted by Gasteiger charge is -2.34. The number of amides is 2. The van der Waals surface area contributed by atoms with Crippen LogP contribution in [0, 0.1) is 5.92 Å². The summed E-state index contributed by atoms with van der Waals surface area (Å²) in [6, 6.07) is 10.0. The van der Waals surface area contributed by atoms with Crippen molar-refractivity contribution in [3.63, 3.8) is 0 Å². The topological polar surface area (TPSA) is 66.6 Å². The van der Waals surface area contributed by atoms with Crippen LogP contribution >= 0.6 is 0 Å². The second-order valence-corrected chi connectivity index (χ2v) is 5.30. The third-order valence-electron chi connectivity index (χ3n) is 3.95. The molecule has 1 aliphatic rings. The Morgan fingerprint density at radius 2 is 2.00 bits per heavy atom. The van der Waals surface area contributed by atoms with Crippen molar-refractivity contribution in [1.82, 2.24) is 9.80 Å². The molecule has 2 atom stereocenters. The van der Waals surface area contributed by atoms with E-state index in [0.717, 1.165) is 6.54 Å². The minimum atomic E-state index is -0.335. The first-order valence-electron chi connectivity index (χ1n) is 6.81. The van der Waals surface area contributed by atoms with E-state index in [2.05, 4.69) is 4.90 Å². The van der Waals surface area contributed by atoms with Gasteiger partial charge in [-0.05, 0) is 12.0 Å². The Bertz CT molecular complexity index is 489. The Labute approximate surface area is 119 Å². The summed E-state index contributed by atoms with van der Waals surface area (Å²) >= 11 is 0. The first-order chi connectivity index (χ1) is 9.50. The summed E-state index contributed by atoms with van der Waals surface area (Å²) in [7, 11) is 1.73. The van der Waals surface area contributed by atoms with Gasteiger partial charge in [0.2, 0.25) is 11.8 Å². The van der Waals surface area contributed by atoms with Crippen molar-refractivity contribution in [3.8, 4) is 0 Å². The maximum atomic E-state index is 11.6. The number of carbonyl (C=O) groups excluding carboxylic acids is 2. The number of benzene rings is 1. The van der Waals surface area contributed by atoms with Crippen LogP contribution in [0.25, 0.3) is 0 Å². The summed E-state index contributed by atoms with van der Waals surface area (Å²) in [5.41, 5.74) is 6.64. The third kappa shape index (κ3) is 2.99. The maximum Gasteiger partial charge on any atom is 0.224 e. The molecule has 1 fully saturated rings. The molecule has 0 radical (unpaired) electrons. The summed E-state index contributed by atoms with van der Waals surface area (Å²) in [6.07, 6.45) is 0.454.